The molecule has 31 heavy (non-hydrogen) atoms. The Morgan fingerprint density at radius 3 is 2.55 bits per heavy atom. The second kappa shape index (κ2) is 10.0. The molecule has 0 saturated carbocycles. The van der Waals surface area contributed by atoms with Gasteiger partial charge in [-0.3, -0.25) is 14.9 Å². The van der Waals surface area contributed by atoms with Gasteiger partial charge in [0.1, 0.15) is 12.4 Å². The molecule has 0 atom stereocenters. The van der Waals surface area contributed by atoms with Crippen LogP contribution >= 0.6 is 11.8 Å². The Balaban J connectivity index is 1.99. The Morgan fingerprint density at radius 2 is 1.94 bits per heavy atom. The van der Waals surface area contributed by atoms with E-state index in [1.54, 1.807) is 18.2 Å². The van der Waals surface area contributed by atoms with Crippen LogP contribution < -0.4 is 10.1 Å². The normalized spacial score (nSPS) is 11.7. The van der Waals surface area contributed by atoms with Crippen molar-refractivity contribution in [3.05, 3.63) is 58.1 Å². The quantitative estimate of drug-likeness (QED) is 0.331. The van der Waals surface area contributed by atoms with E-state index in [-0.39, 0.29) is 23.0 Å². The summed E-state index contributed by atoms with van der Waals surface area (Å²) < 4.78 is 65.8. The standard InChI is InChI=1S/C18H17F3N2O6S2/c1-31(27,28)8-7-29-14-4-2-3-13(10-14)22-17(24)11-30-16-6-5-12(18(19,20)21)9-15(16)23(25)26/h2-6,9-10H,7-8,11H2,1H3,(H,22,24). The first-order valence-corrected chi connectivity index (χ1v) is 11.6. The number of hydrogen-bond donors (Lipinski definition) is 1. The van der Waals surface area contributed by atoms with Crippen LogP contribution in [0, 0.1) is 10.1 Å². The molecular formula is C18H17F3N2O6S2. The Morgan fingerprint density at radius 1 is 1.23 bits per heavy atom. The molecule has 0 bridgehead atoms. The number of carbonyl (C=O) groups is 1. The van der Waals surface area contributed by atoms with Gasteiger partial charge < -0.3 is 10.1 Å². The molecule has 2 aromatic carbocycles. The number of nitro benzene ring substituents is 1. The van der Waals surface area contributed by atoms with E-state index >= 15 is 0 Å². The van der Waals surface area contributed by atoms with Crippen molar-refractivity contribution in [2.24, 2.45) is 0 Å². The molecule has 0 unspecified atom stereocenters. The van der Waals surface area contributed by atoms with Gasteiger partial charge >= 0.3 is 6.18 Å². The van der Waals surface area contributed by atoms with Crippen molar-refractivity contribution < 1.29 is 36.0 Å². The lowest BCUT2D eigenvalue weighted by atomic mass is 10.2. The van der Waals surface area contributed by atoms with Crippen molar-refractivity contribution >= 4 is 38.9 Å². The fourth-order valence-corrected chi connectivity index (χ4v) is 3.46. The third kappa shape index (κ3) is 8.09. The summed E-state index contributed by atoms with van der Waals surface area (Å²) in [5, 5.41) is 13.6. The summed E-state index contributed by atoms with van der Waals surface area (Å²) in [5.74, 6) is -0.683. The zero-order chi connectivity index (χ0) is 23.2. The first kappa shape index (κ1) is 24.5. The number of nitrogens with zero attached hydrogens (tertiary/aromatic N) is 1. The van der Waals surface area contributed by atoms with E-state index in [0.29, 0.717) is 23.6 Å². The van der Waals surface area contributed by atoms with Crippen LogP contribution in [0.1, 0.15) is 5.56 Å². The minimum absolute atomic E-state index is 0.0658. The number of sulfone groups is 1. The Hall–Kier alpha value is -2.80. The van der Waals surface area contributed by atoms with Gasteiger partial charge in [-0.15, -0.1) is 11.8 Å². The highest BCUT2D eigenvalue weighted by Crippen LogP contribution is 2.36. The molecule has 0 saturated heterocycles. The molecule has 1 amide bonds. The van der Waals surface area contributed by atoms with E-state index in [2.05, 4.69) is 5.32 Å². The molecule has 0 heterocycles. The molecule has 8 nitrogen and oxygen atoms in total. The molecule has 2 aromatic rings. The van der Waals surface area contributed by atoms with Gasteiger partial charge in [-0.2, -0.15) is 13.2 Å². The minimum atomic E-state index is -4.72. The van der Waals surface area contributed by atoms with Crippen molar-refractivity contribution in [2.75, 3.05) is 29.7 Å². The van der Waals surface area contributed by atoms with Gasteiger partial charge in [0.2, 0.25) is 5.91 Å². The average Bonchev–Trinajstić information content (AvgIpc) is 2.64. The smallest absolute Gasteiger partial charge is 0.416 e. The molecule has 0 aliphatic carbocycles. The summed E-state index contributed by atoms with van der Waals surface area (Å²) in [5.41, 5.74) is -1.56. The summed E-state index contributed by atoms with van der Waals surface area (Å²) in [4.78, 5) is 22.2. The molecule has 2 rings (SSSR count). The van der Waals surface area contributed by atoms with Crippen LogP contribution in [0.25, 0.3) is 0 Å². The predicted molar refractivity (Wildman–Crippen MR) is 109 cm³/mol. The summed E-state index contributed by atoms with van der Waals surface area (Å²) in [6.45, 7) is -0.0658. The third-order valence-electron chi connectivity index (χ3n) is 3.68. The van der Waals surface area contributed by atoms with Crippen LogP contribution in [0.4, 0.5) is 24.5 Å². The van der Waals surface area contributed by atoms with Gasteiger partial charge in [-0.05, 0) is 24.3 Å². The first-order valence-electron chi connectivity index (χ1n) is 8.54. The Labute approximate surface area is 179 Å². The molecule has 168 valence electrons. The lowest BCUT2D eigenvalue weighted by Crippen LogP contribution is -2.15. The fraction of sp³-hybridized carbons (Fsp3) is 0.278. The number of thioether (sulfide) groups is 1. The van der Waals surface area contributed by atoms with Crippen LogP contribution in [-0.2, 0) is 20.8 Å². The molecule has 0 radical (unpaired) electrons. The maximum Gasteiger partial charge on any atom is 0.416 e. The van der Waals surface area contributed by atoms with E-state index in [9.17, 15) is 36.5 Å². The van der Waals surface area contributed by atoms with E-state index in [1.807, 2.05) is 0 Å². The minimum Gasteiger partial charge on any atom is -0.492 e. The molecule has 0 spiro atoms. The number of alkyl halides is 3. The number of carbonyl (C=O) groups excluding carboxylic acids is 1. The van der Waals surface area contributed by atoms with Crippen LogP contribution in [0.3, 0.4) is 0 Å². The van der Waals surface area contributed by atoms with E-state index in [0.717, 1.165) is 24.1 Å². The molecular weight excluding hydrogens is 461 g/mol. The van der Waals surface area contributed by atoms with Crippen LogP contribution in [0.5, 0.6) is 5.75 Å². The molecule has 13 heteroatoms. The van der Waals surface area contributed by atoms with Crippen LogP contribution in [-0.4, -0.2) is 43.6 Å². The van der Waals surface area contributed by atoms with Crippen molar-refractivity contribution in [2.45, 2.75) is 11.1 Å². The molecule has 0 aliphatic heterocycles. The number of nitrogens with one attached hydrogen (secondary N) is 1. The molecule has 1 N–H and O–H groups in total. The molecule has 0 aromatic heterocycles. The predicted octanol–water partition coefficient (Wildman–Crippen LogP) is 3.77. The van der Waals surface area contributed by atoms with Gasteiger partial charge in [-0.1, -0.05) is 6.07 Å². The number of ether oxygens (including phenoxy) is 1. The zero-order valence-corrected chi connectivity index (χ0v) is 17.6. The molecule has 0 fully saturated rings. The second-order valence-electron chi connectivity index (χ2n) is 6.28. The Kier molecular flexibility index (Phi) is 7.90. The largest absolute Gasteiger partial charge is 0.492 e. The number of benzene rings is 2. The van der Waals surface area contributed by atoms with Crippen molar-refractivity contribution in [3.63, 3.8) is 0 Å². The Bertz CT molecular complexity index is 1070. The van der Waals surface area contributed by atoms with Crippen LogP contribution in [0.15, 0.2) is 47.4 Å². The number of anilines is 1. The van der Waals surface area contributed by atoms with E-state index in [1.165, 1.54) is 6.07 Å². The highest BCUT2D eigenvalue weighted by Gasteiger charge is 2.33. The van der Waals surface area contributed by atoms with Crippen molar-refractivity contribution in [1.29, 1.82) is 0 Å². The second-order valence-corrected chi connectivity index (χ2v) is 9.56. The van der Waals surface area contributed by atoms with Gasteiger partial charge in [-0.25, -0.2) is 8.42 Å². The van der Waals surface area contributed by atoms with E-state index in [4.69, 9.17) is 4.74 Å². The number of rotatable bonds is 9. The molecule has 0 aliphatic rings. The first-order chi connectivity index (χ1) is 14.3. The maximum atomic E-state index is 12.8. The lowest BCUT2D eigenvalue weighted by molar-refractivity contribution is -0.388. The number of amides is 1. The van der Waals surface area contributed by atoms with Crippen LogP contribution in [0.2, 0.25) is 0 Å². The third-order valence-corrected chi connectivity index (χ3v) is 5.65. The van der Waals surface area contributed by atoms with Gasteiger partial charge in [0.15, 0.2) is 9.84 Å². The van der Waals surface area contributed by atoms with Crippen molar-refractivity contribution in [1.82, 2.24) is 0 Å². The maximum absolute atomic E-state index is 12.8. The summed E-state index contributed by atoms with van der Waals surface area (Å²) in [6.07, 6.45) is -3.65. The number of halogens is 3. The number of nitro groups is 1. The fourth-order valence-electron chi connectivity index (χ4n) is 2.27. The topological polar surface area (TPSA) is 116 Å². The zero-order valence-electron chi connectivity index (χ0n) is 16.0. The van der Waals surface area contributed by atoms with Gasteiger partial charge in [0.05, 0.1) is 26.9 Å². The lowest BCUT2D eigenvalue weighted by Gasteiger charge is -2.10. The number of hydrogen-bond acceptors (Lipinski definition) is 7. The van der Waals surface area contributed by atoms with E-state index < -0.39 is 38.1 Å². The summed E-state index contributed by atoms with van der Waals surface area (Å²) in [6, 6.07) is 8.24. The highest BCUT2D eigenvalue weighted by atomic mass is 32.2. The SMILES string of the molecule is CS(=O)(=O)CCOc1cccc(NC(=O)CSc2ccc(C(F)(F)F)cc2[N+](=O)[O-])c1. The summed E-state index contributed by atoms with van der Waals surface area (Å²) >= 11 is 0.724. The van der Waals surface area contributed by atoms with Gasteiger partial charge in [0, 0.05) is 24.1 Å². The summed E-state index contributed by atoms with van der Waals surface area (Å²) in [7, 11) is -3.19. The highest BCUT2D eigenvalue weighted by molar-refractivity contribution is 8.00. The average molecular weight is 478 g/mol. The van der Waals surface area contributed by atoms with Crippen molar-refractivity contribution in [3.8, 4) is 5.75 Å². The monoisotopic (exact) mass is 478 g/mol. The van der Waals surface area contributed by atoms with Gasteiger partial charge in [0.25, 0.3) is 5.69 Å².